The van der Waals surface area contributed by atoms with Crippen LogP contribution < -0.4 is 0 Å². The lowest BCUT2D eigenvalue weighted by atomic mass is 10.1. The number of aryl methyl sites for hydroxylation is 1. The first-order chi connectivity index (χ1) is 9.22. The van der Waals surface area contributed by atoms with E-state index >= 15 is 0 Å². The van der Waals surface area contributed by atoms with Gasteiger partial charge in [0, 0.05) is 28.5 Å². The first-order valence-electron chi connectivity index (χ1n) is 7.19. The van der Waals surface area contributed by atoms with Crippen LogP contribution in [0.5, 0.6) is 0 Å². The van der Waals surface area contributed by atoms with Gasteiger partial charge in [-0.3, -0.25) is 4.79 Å². The summed E-state index contributed by atoms with van der Waals surface area (Å²) in [6.45, 7) is 5.25. The van der Waals surface area contributed by atoms with Crippen molar-refractivity contribution in [3.05, 3.63) is 21.9 Å². The summed E-state index contributed by atoms with van der Waals surface area (Å²) in [5.41, 5.74) is 0. The van der Waals surface area contributed by atoms with Gasteiger partial charge in [-0.1, -0.05) is 26.2 Å². The van der Waals surface area contributed by atoms with Crippen molar-refractivity contribution in [2.45, 2.75) is 51.3 Å². The smallest absolute Gasteiger partial charge is 0.223 e. The van der Waals surface area contributed by atoms with E-state index in [2.05, 4.69) is 30.9 Å². The van der Waals surface area contributed by atoms with E-state index in [0.29, 0.717) is 5.91 Å². The van der Waals surface area contributed by atoms with Crippen LogP contribution in [0.2, 0.25) is 0 Å². The van der Waals surface area contributed by atoms with E-state index in [1.807, 2.05) is 23.1 Å². The first-order valence-corrected chi connectivity index (χ1v) is 9.06. The predicted molar refractivity (Wildman–Crippen MR) is 84.7 cm³/mol. The highest BCUT2D eigenvalue weighted by Gasteiger charge is 2.30. The second-order valence-electron chi connectivity index (χ2n) is 5.07. The normalized spacial score (nSPS) is 19.1. The molecule has 1 saturated heterocycles. The van der Waals surface area contributed by atoms with Gasteiger partial charge in [0.2, 0.25) is 5.91 Å². The highest BCUT2D eigenvalue weighted by molar-refractivity contribution is 7.99. The molecule has 1 unspecified atom stereocenters. The third-order valence-corrected chi connectivity index (χ3v) is 5.90. The third kappa shape index (κ3) is 3.99. The number of thioether (sulfide) groups is 1. The molecule has 0 saturated carbocycles. The molecule has 4 heteroatoms. The quantitative estimate of drug-likeness (QED) is 0.715. The van der Waals surface area contributed by atoms with Crippen molar-refractivity contribution in [2.24, 2.45) is 0 Å². The Morgan fingerprint density at radius 1 is 1.37 bits per heavy atom. The summed E-state index contributed by atoms with van der Waals surface area (Å²) in [5, 5.41) is 0.275. The summed E-state index contributed by atoms with van der Waals surface area (Å²) in [6, 6.07) is 4.34. The fourth-order valence-electron chi connectivity index (χ4n) is 2.39. The van der Waals surface area contributed by atoms with E-state index in [-0.39, 0.29) is 5.37 Å². The third-order valence-electron chi connectivity index (χ3n) is 3.46. The lowest BCUT2D eigenvalue weighted by Crippen LogP contribution is -2.29. The molecule has 2 nitrogen and oxygen atoms in total. The second-order valence-corrected chi connectivity index (χ2v) is 7.58. The Hall–Kier alpha value is -0.480. The number of hydrogen-bond donors (Lipinski definition) is 0. The fraction of sp³-hybridized carbons (Fsp3) is 0.667. The zero-order valence-corrected chi connectivity index (χ0v) is 13.5. The molecule has 0 aliphatic carbocycles. The minimum atomic E-state index is 0.275. The zero-order valence-electron chi connectivity index (χ0n) is 11.9. The topological polar surface area (TPSA) is 20.3 Å². The Morgan fingerprint density at radius 3 is 2.89 bits per heavy atom. The van der Waals surface area contributed by atoms with E-state index < -0.39 is 0 Å². The van der Waals surface area contributed by atoms with Crippen LogP contribution in [0.25, 0.3) is 0 Å². The molecule has 1 fully saturated rings. The van der Waals surface area contributed by atoms with E-state index in [4.69, 9.17) is 0 Å². The lowest BCUT2D eigenvalue weighted by Gasteiger charge is -2.23. The SMILES string of the molecule is CCCCCCC(=O)N1CCSC1c1ccc(C)s1. The van der Waals surface area contributed by atoms with Crippen LogP contribution in [-0.4, -0.2) is 23.1 Å². The summed E-state index contributed by atoms with van der Waals surface area (Å²) in [5.74, 6) is 1.42. The number of carbonyl (C=O) groups is 1. The highest BCUT2D eigenvalue weighted by Crippen LogP contribution is 2.41. The summed E-state index contributed by atoms with van der Waals surface area (Å²) >= 11 is 3.73. The van der Waals surface area contributed by atoms with Crippen LogP contribution >= 0.6 is 23.1 Å². The highest BCUT2D eigenvalue weighted by atomic mass is 32.2. The molecule has 19 heavy (non-hydrogen) atoms. The maximum absolute atomic E-state index is 12.3. The molecule has 1 aliphatic heterocycles. The van der Waals surface area contributed by atoms with Crippen molar-refractivity contribution in [1.82, 2.24) is 4.90 Å². The maximum Gasteiger partial charge on any atom is 0.223 e. The van der Waals surface area contributed by atoms with Crippen molar-refractivity contribution in [1.29, 1.82) is 0 Å². The van der Waals surface area contributed by atoms with Gasteiger partial charge in [-0.05, 0) is 25.5 Å². The summed E-state index contributed by atoms with van der Waals surface area (Å²) < 4.78 is 0. The minimum Gasteiger partial charge on any atom is -0.325 e. The molecule has 1 atom stereocenters. The van der Waals surface area contributed by atoms with Crippen LogP contribution in [0.1, 0.15) is 54.2 Å². The molecule has 0 aromatic carbocycles. The number of unbranched alkanes of at least 4 members (excludes halogenated alkanes) is 3. The number of amides is 1. The minimum absolute atomic E-state index is 0.275. The molecule has 1 aliphatic rings. The van der Waals surface area contributed by atoms with E-state index in [0.717, 1.165) is 25.1 Å². The van der Waals surface area contributed by atoms with Crippen LogP contribution in [-0.2, 0) is 4.79 Å². The Bertz CT molecular complexity index is 416. The van der Waals surface area contributed by atoms with Crippen LogP contribution in [0.15, 0.2) is 12.1 Å². The van der Waals surface area contributed by atoms with Crippen molar-refractivity contribution in [2.75, 3.05) is 12.3 Å². The Morgan fingerprint density at radius 2 is 2.21 bits per heavy atom. The van der Waals surface area contributed by atoms with Gasteiger partial charge in [0.05, 0.1) is 0 Å². The maximum atomic E-state index is 12.3. The Balaban J connectivity index is 1.89. The van der Waals surface area contributed by atoms with Gasteiger partial charge < -0.3 is 4.90 Å². The molecule has 2 heterocycles. The van der Waals surface area contributed by atoms with Gasteiger partial charge >= 0.3 is 0 Å². The van der Waals surface area contributed by atoms with E-state index in [9.17, 15) is 4.79 Å². The summed E-state index contributed by atoms with van der Waals surface area (Å²) in [4.78, 5) is 17.1. The summed E-state index contributed by atoms with van der Waals surface area (Å²) in [7, 11) is 0. The molecule has 0 radical (unpaired) electrons. The largest absolute Gasteiger partial charge is 0.325 e. The fourth-order valence-corrected chi connectivity index (χ4v) is 4.79. The van der Waals surface area contributed by atoms with Gasteiger partial charge in [-0.15, -0.1) is 23.1 Å². The molecular formula is C15H23NOS2. The van der Waals surface area contributed by atoms with Gasteiger partial charge in [-0.2, -0.15) is 0 Å². The molecule has 0 bridgehead atoms. The van der Waals surface area contributed by atoms with Crippen molar-refractivity contribution >= 4 is 29.0 Å². The van der Waals surface area contributed by atoms with Crippen molar-refractivity contribution < 1.29 is 4.79 Å². The molecule has 1 aromatic rings. The number of nitrogens with zero attached hydrogens (tertiary/aromatic N) is 1. The molecule has 106 valence electrons. The number of carbonyl (C=O) groups excluding carboxylic acids is 1. The molecule has 1 aromatic heterocycles. The standard InChI is InChI=1S/C15H23NOS2/c1-3-4-5-6-7-14(17)16-10-11-18-15(16)13-9-8-12(2)19-13/h8-9,15H,3-7,10-11H2,1-2H3. The molecule has 1 amide bonds. The van der Waals surface area contributed by atoms with Crippen molar-refractivity contribution in [3.63, 3.8) is 0 Å². The van der Waals surface area contributed by atoms with Gasteiger partial charge in [0.1, 0.15) is 5.37 Å². The Labute approximate surface area is 124 Å². The monoisotopic (exact) mass is 297 g/mol. The Kier molecular flexibility index (Phi) is 5.76. The van der Waals surface area contributed by atoms with Crippen LogP contribution in [0.3, 0.4) is 0 Å². The molecule has 0 N–H and O–H groups in total. The van der Waals surface area contributed by atoms with E-state index in [1.165, 1.54) is 29.0 Å². The second kappa shape index (κ2) is 7.34. The van der Waals surface area contributed by atoms with Crippen LogP contribution in [0.4, 0.5) is 0 Å². The average molecular weight is 297 g/mol. The van der Waals surface area contributed by atoms with Gasteiger partial charge in [0.25, 0.3) is 0 Å². The lowest BCUT2D eigenvalue weighted by molar-refractivity contribution is -0.131. The molecule has 2 rings (SSSR count). The molecular weight excluding hydrogens is 274 g/mol. The number of rotatable bonds is 6. The molecule has 0 spiro atoms. The first kappa shape index (κ1) is 14.9. The number of thiophene rings is 1. The average Bonchev–Trinajstić information content (AvgIpc) is 3.02. The number of hydrogen-bond acceptors (Lipinski definition) is 3. The van der Waals surface area contributed by atoms with Gasteiger partial charge in [-0.25, -0.2) is 0 Å². The summed E-state index contributed by atoms with van der Waals surface area (Å²) in [6.07, 6.45) is 5.43. The van der Waals surface area contributed by atoms with Crippen molar-refractivity contribution in [3.8, 4) is 0 Å². The predicted octanol–water partition coefficient (Wildman–Crippen LogP) is 4.60. The van der Waals surface area contributed by atoms with E-state index in [1.54, 1.807) is 0 Å². The zero-order chi connectivity index (χ0) is 13.7. The van der Waals surface area contributed by atoms with Gasteiger partial charge in [0.15, 0.2) is 0 Å². The van der Waals surface area contributed by atoms with Crippen LogP contribution in [0, 0.1) is 6.92 Å².